The summed E-state index contributed by atoms with van der Waals surface area (Å²) < 4.78 is 58.2. The van der Waals surface area contributed by atoms with Crippen LogP contribution in [0.25, 0.3) is 0 Å². The van der Waals surface area contributed by atoms with Gasteiger partial charge in [-0.2, -0.15) is 0 Å². The lowest BCUT2D eigenvalue weighted by Gasteiger charge is -2.12. The Hall–Kier alpha value is -1.65. The smallest absolute Gasteiger partial charge is 0.306 e. The lowest BCUT2D eigenvalue weighted by Crippen LogP contribution is -2.22. The number of sulfonamides is 1. The van der Waals surface area contributed by atoms with E-state index in [0.717, 1.165) is 4.31 Å². The summed E-state index contributed by atoms with van der Waals surface area (Å²) in [6.07, 6.45) is 0.590. The average Bonchev–Trinajstić information content (AvgIpc) is 2.90. The first kappa shape index (κ1) is 20.7. The van der Waals surface area contributed by atoms with E-state index >= 15 is 0 Å². The molecular weight excluding hydrogens is 382 g/mol. The number of sulfone groups is 1. The zero-order valence-electron chi connectivity index (χ0n) is 14.8. The molecule has 1 aliphatic heterocycles. The summed E-state index contributed by atoms with van der Waals surface area (Å²) in [5.74, 6) is 0.0253. The van der Waals surface area contributed by atoms with E-state index in [1.165, 1.54) is 38.4 Å². The van der Waals surface area contributed by atoms with E-state index in [4.69, 9.17) is 9.47 Å². The highest BCUT2D eigenvalue weighted by Gasteiger charge is 2.29. The Morgan fingerprint density at radius 2 is 1.85 bits per heavy atom. The Kier molecular flexibility index (Phi) is 6.64. The fourth-order valence-corrected chi connectivity index (χ4v) is 5.32. The fraction of sp³-hybridized carbons (Fsp3) is 0.562. The molecule has 1 aromatic carbocycles. The SMILES string of the molecule is CN(C)S(=O)(=O)c1ccc(OCCOC(=O)CC2CCS(=O)(=O)C2)cc1. The maximum absolute atomic E-state index is 12.0. The van der Waals surface area contributed by atoms with Gasteiger partial charge in [0.2, 0.25) is 10.0 Å². The van der Waals surface area contributed by atoms with E-state index in [-0.39, 0.29) is 42.0 Å². The third-order valence-electron chi connectivity index (χ3n) is 4.00. The quantitative estimate of drug-likeness (QED) is 0.462. The van der Waals surface area contributed by atoms with Crippen LogP contribution in [0.5, 0.6) is 5.75 Å². The Morgan fingerprint density at radius 3 is 2.38 bits per heavy atom. The predicted molar refractivity (Wildman–Crippen MR) is 95.1 cm³/mol. The summed E-state index contributed by atoms with van der Waals surface area (Å²) in [5.41, 5.74) is 0. The number of nitrogens with zero attached hydrogens (tertiary/aromatic N) is 1. The van der Waals surface area contributed by atoms with E-state index in [0.29, 0.717) is 12.2 Å². The van der Waals surface area contributed by atoms with Crippen molar-refractivity contribution in [1.29, 1.82) is 0 Å². The minimum atomic E-state index is -3.48. The van der Waals surface area contributed by atoms with Crippen LogP contribution in [0.3, 0.4) is 0 Å². The van der Waals surface area contributed by atoms with Gasteiger partial charge in [-0.15, -0.1) is 0 Å². The van der Waals surface area contributed by atoms with Crippen molar-refractivity contribution >= 4 is 25.8 Å². The lowest BCUT2D eigenvalue weighted by molar-refractivity contribution is -0.145. The van der Waals surface area contributed by atoms with Gasteiger partial charge in [0.1, 0.15) is 19.0 Å². The lowest BCUT2D eigenvalue weighted by atomic mass is 10.1. The number of rotatable bonds is 8. The highest BCUT2D eigenvalue weighted by Crippen LogP contribution is 2.22. The molecule has 0 aliphatic carbocycles. The molecule has 0 radical (unpaired) electrons. The Balaban J connectivity index is 1.72. The zero-order valence-corrected chi connectivity index (χ0v) is 16.4. The van der Waals surface area contributed by atoms with Crippen LogP contribution in [0.1, 0.15) is 12.8 Å². The highest BCUT2D eigenvalue weighted by molar-refractivity contribution is 7.91. The van der Waals surface area contributed by atoms with Crippen molar-refractivity contribution in [1.82, 2.24) is 4.31 Å². The number of carbonyl (C=O) groups is 1. The molecule has 0 amide bonds. The molecule has 1 fully saturated rings. The van der Waals surface area contributed by atoms with Crippen molar-refractivity contribution in [3.05, 3.63) is 24.3 Å². The second kappa shape index (κ2) is 8.36. The molecule has 1 aromatic rings. The van der Waals surface area contributed by atoms with Crippen molar-refractivity contribution in [2.24, 2.45) is 5.92 Å². The molecule has 1 saturated heterocycles. The molecule has 1 heterocycles. The van der Waals surface area contributed by atoms with E-state index in [1.807, 2.05) is 0 Å². The second-order valence-corrected chi connectivity index (χ2v) is 10.7. The maximum atomic E-state index is 12.0. The van der Waals surface area contributed by atoms with Gasteiger partial charge in [-0.1, -0.05) is 0 Å². The molecule has 10 heteroatoms. The van der Waals surface area contributed by atoms with Gasteiger partial charge in [-0.3, -0.25) is 4.79 Å². The molecule has 0 N–H and O–H groups in total. The van der Waals surface area contributed by atoms with E-state index in [2.05, 4.69) is 0 Å². The van der Waals surface area contributed by atoms with Crippen LogP contribution >= 0.6 is 0 Å². The molecule has 8 nitrogen and oxygen atoms in total. The second-order valence-electron chi connectivity index (χ2n) is 6.30. The van der Waals surface area contributed by atoms with Gasteiger partial charge < -0.3 is 9.47 Å². The number of benzene rings is 1. The summed E-state index contributed by atoms with van der Waals surface area (Å²) in [7, 11) is -3.58. The molecular formula is C16H23NO7S2. The molecule has 26 heavy (non-hydrogen) atoms. The van der Waals surface area contributed by atoms with Crippen molar-refractivity contribution in [2.45, 2.75) is 17.7 Å². The summed E-state index contributed by atoms with van der Waals surface area (Å²) in [4.78, 5) is 11.9. The van der Waals surface area contributed by atoms with Crippen LogP contribution in [0.15, 0.2) is 29.2 Å². The standard InChI is InChI=1S/C16H23NO7S2/c1-17(2)26(21,22)15-5-3-14(4-6-15)23-8-9-24-16(18)11-13-7-10-25(19,20)12-13/h3-6,13H,7-12H2,1-2H3. The number of esters is 1. The van der Waals surface area contributed by atoms with Crippen molar-refractivity contribution in [2.75, 3.05) is 38.8 Å². The predicted octanol–water partition coefficient (Wildman–Crippen LogP) is 0.684. The van der Waals surface area contributed by atoms with Crippen molar-refractivity contribution < 1.29 is 31.1 Å². The van der Waals surface area contributed by atoms with Crippen molar-refractivity contribution in [3.63, 3.8) is 0 Å². The molecule has 146 valence electrons. The minimum Gasteiger partial charge on any atom is -0.490 e. The molecule has 1 unspecified atom stereocenters. The minimum absolute atomic E-state index is 0.0377. The summed E-state index contributed by atoms with van der Waals surface area (Å²) in [5, 5.41) is 0. The first-order valence-corrected chi connectivity index (χ1v) is 11.4. The van der Waals surface area contributed by atoms with E-state index in [1.54, 1.807) is 0 Å². The van der Waals surface area contributed by atoms with Crippen LogP contribution in [0, 0.1) is 5.92 Å². The van der Waals surface area contributed by atoms with Crippen LogP contribution in [0.2, 0.25) is 0 Å². The van der Waals surface area contributed by atoms with Crippen molar-refractivity contribution in [3.8, 4) is 5.75 Å². The first-order valence-electron chi connectivity index (χ1n) is 8.11. The third kappa shape index (κ3) is 5.68. The molecule has 2 rings (SSSR count). The van der Waals surface area contributed by atoms with Gasteiger partial charge in [-0.25, -0.2) is 21.1 Å². The highest BCUT2D eigenvalue weighted by atomic mass is 32.2. The Labute approximate surface area is 154 Å². The van der Waals surface area contributed by atoms with Crippen LogP contribution in [-0.2, 0) is 29.4 Å². The third-order valence-corrected chi connectivity index (χ3v) is 7.67. The van der Waals surface area contributed by atoms with Gasteiger partial charge in [0.05, 0.1) is 16.4 Å². The normalized spacial score (nSPS) is 19.4. The monoisotopic (exact) mass is 405 g/mol. The Bertz CT molecular complexity index is 830. The number of hydrogen-bond acceptors (Lipinski definition) is 7. The van der Waals surface area contributed by atoms with Gasteiger partial charge >= 0.3 is 5.97 Å². The summed E-state index contributed by atoms with van der Waals surface area (Å²) >= 11 is 0. The molecule has 0 bridgehead atoms. The van der Waals surface area contributed by atoms with Crippen LogP contribution in [0.4, 0.5) is 0 Å². The van der Waals surface area contributed by atoms with Gasteiger partial charge in [0.25, 0.3) is 0 Å². The zero-order chi connectivity index (χ0) is 19.4. The van der Waals surface area contributed by atoms with Gasteiger partial charge in [0, 0.05) is 20.5 Å². The largest absolute Gasteiger partial charge is 0.490 e. The summed E-state index contributed by atoms with van der Waals surface area (Å²) in [6, 6.07) is 5.94. The molecule has 0 saturated carbocycles. The number of ether oxygens (including phenoxy) is 2. The fourth-order valence-electron chi connectivity index (χ4n) is 2.56. The maximum Gasteiger partial charge on any atom is 0.306 e. The average molecular weight is 405 g/mol. The molecule has 1 atom stereocenters. The van der Waals surface area contributed by atoms with E-state index < -0.39 is 25.8 Å². The number of hydrogen-bond donors (Lipinski definition) is 0. The first-order chi connectivity index (χ1) is 12.1. The topological polar surface area (TPSA) is 107 Å². The van der Waals surface area contributed by atoms with E-state index in [9.17, 15) is 21.6 Å². The molecule has 0 aromatic heterocycles. The van der Waals surface area contributed by atoms with Gasteiger partial charge in [-0.05, 0) is 36.6 Å². The molecule has 0 spiro atoms. The van der Waals surface area contributed by atoms with Gasteiger partial charge in [0.15, 0.2) is 9.84 Å². The van der Waals surface area contributed by atoms with Crippen LogP contribution in [-0.4, -0.2) is 65.9 Å². The number of carbonyl (C=O) groups excluding carboxylic acids is 1. The molecule has 1 aliphatic rings. The Morgan fingerprint density at radius 1 is 1.19 bits per heavy atom. The van der Waals surface area contributed by atoms with Crippen LogP contribution < -0.4 is 4.74 Å². The summed E-state index contributed by atoms with van der Waals surface area (Å²) in [6.45, 7) is 0.157.